The van der Waals surface area contributed by atoms with Crippen LogP contribution in [0.25, 0.3) is 0 Å². The Morgan fingerprint density at radius 2 is 1.23 bits per heavy atom. The monoisotopic (exact) mass is 676 g/mol. The summed E-state index contributed by atoms with van der Waals surface area (Å²) in [7, 11) is 0. The van der Waals surface area contributed by atoms with Crippen LogP contribution in [0.5, 0.6) is 0 Å². The summed E-state index contributed by atoms with van der Waals surface area (Å²) in [5.74, 6) is -2.77. The number of hydrogen-bond donors (Lipinski definition) is 8. The molecule has 0 unspecified atom stereocenters. The smallest absolute Gasteiger partial charge is 0.320 e. The Morgan fingerprint density at radius 1 is 0.708 bits per heavy atom. The molecule has 0 aromatic carbocycles. The first-order valence-electron chi connectivity index (χ1n) is 18.6. The van der Waals surface area contributed by atoms with E-state index >= 15 is 0 Å². The quantitative estimate of drug-likeness (QED) is 0.119. The summed E-state index contributed by atoms with van der Waals surface area (Å²) in [5.41, 5.74) is -1.17. The van der Waals surface area contributed by atoms with Crippen LogP contribution in [0.2, 0.25) is 0 Å². The highest BCUT2D eigenvalue weighted by molar-refractivity contribution is 5.75. The molecule has 4 saturated heterocycles. The van der Waals surface area contributed by atoms with Gasteiger partial charge in [0.1, 0.15) is 24.2 Å². The van der Waals surface area contributed by atoms with Crippen molar-refractivity contribution >= 4 is 23.9 Å². The van der Waals surface area contributed by atoms with Gasteiger partial charge in [-0.25, -0.2) is 0 Å². The second kappa shape index (κ2) is 14.5. The Morgan fingerprint density at radius 3 is 1.71 bits per heavy atom. The summed E-state index contributed by atoms with van der Waals surface area (Å²) < 4.78 is 0. The number of carbonyl (C=O) groups is 4. The van der Waals surface area contributed by atoms with Crippen LogP contribution in [0.15, 0.2) is 0 Å². The number of rotatable bonds is 16. The van der Waals surface area contributed by atoms with Gasteiger partial charge in [0.25, 0.3) is 0 Å². The second-order valence-corrected chi connectivity index (χ2v) is 16.4. The van der Waals surface area contributed by atoms with Crippen LogP contribution in [-0.4, -0.2) is 94.6 Å². The summed E-state index contributed by atoms with van der Waals surface area (Å²) in [6.07, 6.45) is 8.34. The van der Waals surface area contributed by atoms with E-state index in [1.807, 2.05) is 0 Å². The fraction of sp³-hybridized carbons (Fsp3) is 0.889. The predicted octanol–water partition coefficient (Wildman–Crippen LogP) is 3.25. The van der Waals surface area contributed by atoms with Gasteiger partial charge in [-0.05, 0) is 129 Å². The van der Waals surface area contributed by atoms with E-state index in [1.165, 1.54) is 0 Å². The molecule has 13 atom stereocenters. The van der Waals surface area contributed by atoms with Crippen molar-refractivity contribution in [3.8, 4) is 0 Å². The van der Waals surface area contributed by atoms with E-state index in [4.69, 9.17) is 0 Å². The van der Waals surface area contributed by atoms with Crippen LogP contribution >= 0.6 is 0 Å². The first-order chi connectivity index (χ1) is 22.7. The lowest BCUT2D eigenvalue weighted by molar-refractivity contribution is -0.277. The molecule has 0 aromatic heterocycles. The standard InChI is InChI=1S/C36H60N4O8/c1-5-7-25(21-12-26(30(41)42)37-16-21)35(23-14-28(32(45)46)39-18-23)10-11-36(35,24-15-29(33(47)48)40-19-24)34(4,9-8-20(3)6-2)22-13-27(31(43)44)38-17-22/h20-29,37-40H,5-19H2,1-4H3,(H,41,42)(H,43,44)(H,45,46)(H,47,48)/t20-,21+,22+,23-,24-,25+,26-,27+,28-,29+,34+,35-,36-/m0/s1. The average molecular weight is 677 g/mol. The molecular weight excluding hydrogens is 616 g/mol. The van der Waals surface area contributed by atoms with E-state index in [1.54, 1.807) is 0 Å². The maximum Gasteiger partial charge on any atom is 0.320 e. The van der Waals surface area contributed by atoms with Crippen LogP contribution < -0.4 is 21.3 Å². The van der Waals surface area contributed by atoms with Gasteiger partial charge in [-0.15, -0.1) is 0 Å². The van der Waals surface area contributed by atoms with Gasteiger partial charge in [0, 0.05) is 0 Å². The molecule has 4 heterocycles. The highest BCUT2D eigenvalue weighted by Gasteiger charge is 2.76. The molecule has 5 fully saturated rings. The van der Waals surface area contributed by atoms with Gasteiger partial charge in [0.15, 0.2) is 0 Å². The molecule has 12 heteroatoms. The van der Waals surface area contributed by atoms with E-state index in [0.29, 0.717) is 57.8 Å². The van der Waals surface area contributed by atoms with Crippen LogP contribution in [-0.2, 0) is 19.2 Å². The second-order valence-electron chi connectivity index (χ2n) is 16.4. The maximum absolute atomic E-state index is 12.5. The number of aliphatic carboxylic acids is 4. The zero-order chi connectivity index (χ0) is 35.0. The molecule has 4 aliphatic heterocycles. The largest absolute Gasteiger partial charge is 0.480 e. The van der Waals surface area contributed by atoms with E-state index in [9.17, 15) is 39.6 Å². The van der Waals surface area contributed by atoms with Gasteiger partial charge in [-0.2, -0.15) is 0 Å². The van der Waals surface area contributed by atoms with Crippen molar-refractivity contribution in [3.63, 3.8) is 0 Å². The van der Waals surface area contributed by atoms with Crippen molar-refractivity contribution in [2.75, 3.05) is 26.2 Å². The Bertz CT molecular complexity index is 1220. The van der Waals surface area contributed by atoms with Crippen LogP contribution in [0.4, 0.5) is 0 Å². The molecule has 5 rings (SSSR count). The summed E-state index contributed by atoms with van der Waals surface area (Å²) in [6, 6.07) is -2.64. The molecule has 0 amide bonds. The fourth-order valence-electron chi connectivity index (χ4n) is 12.0. The Hall–Kier alpha value is -2.28. The molecule has 12 nitrogen and oxygen atoms in total. The zero-order valence-corrected chi connectivity index (χ0v) is 29.3. The van der Waals surface area contributed by atoms with Gasteiger partial charge in [0.2, 0.25) is 0 Å². The molecular formula is C36H60N4O8. The Labute approximate surface area is 285 Å². The summed E-state index contributed by atoms with van der Waals surface area (Å²) in [5, 5.41) is 53.8. The number of carboxylic acid groups (broad SMARTS) is 4. The van der Waals surface area contributed by atoms with Crippen LogP contribution in [0, 0.1) is 51.8 Å². The van der Waals surface area contributed by atoms with Gasteiger partial charge in [-0.1, -0.05) is 47.0 Å². The minimum Gasteiger partial charge on any atom is -0.480 e. The zero-order valence-electron chi connectivity index (χ0n) is 29.3. The van der Waals surface area contributed by atoms with E-state index in [2.05, 4.69) is 49.0 Å². The Kier molecular flexibility index (Phi) is 11.2. The SMILES string of the molecule is CCC[C@H]([C@H]1CN[C@H](C(=O)O)C1)[C@@]1([C@@H]2CN[C@H](C(=O)O)C2)CC[C@]1([C@@H]1CN[C@@H](C(=O)O)C1)[C@](C)(CC[C@@H](C)CC)[C@H]1CN[C@@H](C(=O)O)C1. The van der Waals surface area contributed by atoms with Crippen molar-refractivity contribution in [2.45, 2.75) is 122 Å². The molecule has 0 spiro atoms. The van der Waals surface area contributed by atoms with E-state index in [-0.39, 0.29) is 40.4 Å². The average Bonchev–Trinajstić information content (AvgIpc) is 3.85. The molecule has 1 aliphatic carbocycles. The lowest BCUT2D eigenvalue weighted by Gasteiger charge is -2.76. The molecule has 0 aromatic rings. The third-order valence-corrected chi connectivity index (χ3v) is 14.5. The fourth-order valence-corrected chi connectivity index (χ4v) is 12.0. The first-order valence-corrected chi connectivity index (χ1v) is 18.6. The molecule has 1 saturated carbocycles. The molecule has 8 N–H and O–H groups in total. The lowest BCUT2D eigenvalue weighted by Crippen LogP contribution is -2.71. The van der Waals surface area contributed by atoms with Crippen LogP contribution in [0.3, 0.4) is 0 Å². The van der Waals surface area contributed by atoms with Crippen molar-refractivity contribution in [2.24, 2.45) is 51.8 Å². The van der Waals surface area contributed by atoms with Crippen molar-refractivity contribution < 1.29 is 39.6 Å². The number of hydrogen-bond acceptors (Lipinski definition) is 8. The Balaban J connectivity index is 1.73. The normalized spacial score (nSPS) is 40.6. The summed E-state index contributed by atoms with van der Waals surface area (Å²) >= 11 is 0. The van der Waals surface area contributed by atoms with Gasteiger partial charge in [0.05, 0.1) is 0 Å². The minimum absolute atomic E-state index is 0.00390. The molecule has 48 heavy (non-hydrogen) atoms. The van der Waals surface area contributed by atoms with Gasteiger partial charge < -0.3 is 41.7 Å². The van der Waals surface area contributed by atoms with Crippen molar-refractivity contribution in [3.05, 3.63) is 0 Å². The molecule has 272 valence electrons. The lowest BCUT2D eigenvalue weighted by atomic mass is 9.28. The third kappa shape index (κ3) is 6.17. The third-order valence-electron chi connectivity index (χ3n) is 14.5. The molecule has 5 aliphatic rings. The van der Waals surface area contributed by atoms with Crippen LogP contribution in [0.1, 0.15) is 98.3 Å². The maximum atomic E-state index is 12.5. The predicted molar refractivity (Wildman–Crippen MR) is 179 cm³/mol. The van der Waals surface area contributed by atoms with Gasteiger partial charge in [-0.3, -0.25) is 19.2 Å². The number of nitrogens with one attached hydrogen (secondary N) is 4. The topological polar surface area (TPSA) is 197 Å². The first kappa shape index (κ1) is 37.0. The van der Waals surface area contributed by atoms with Crippen molar-refractivity contribution in [1.82, 2.24) is 21.3 Å². The summed E-state index contributed by atoms with van der Waals surface area (Å²) in [4.78, 5) is 49.4. The van der Waals surface area contributed by atoms with E-state index < -0.39 is 53.5 Å². The number of carboxylic acids is 4. The minimum atomic E-state index is -0.866. The van der Waals surface area contributed by atoms with Crippen molar-refractivity contribution in [1.29, 1.82) is 0 Å². The highest BCUT2D eigenvalue weighted by atomic mass is 16.4. The van der Waals surface area contributed by atoms with Gasteiger partial charge >= 0.3 is 23.9 Å². The summed E-state index contributed by atoms with van der Waals surface area (Å²) in [6.45, 7) is 11.2. The van der Waals surface area contributed by atoms with E-state index in [0.717, 1.165) is 44.9 Å². The molecule has 0 radical (unpaired) electrons. The molecule has 0 bridgehead atoms. The highest BCUT2D eigenvalue weighted by Crippen LogP contribution is 2.79.